The number of nitrogens with zero attached hydrogens (tertiary/aromatic N) is 2. The predicted molar refractivity (Wildman–Crippen MR) is 80.7 cm³/mol. The molecule has 1 aromatic carbocycles. The van der Waals surface area contributed by atoms with Crippen molar-refractivity contribution in [2.75, 3.05) is 0 Å². The number of benzene rings is 1. The molecule has 1 heterocycles. The molecule has 0 saturated heterocycles. The normalized spacial score (nSPS) is 12.8. The summed E-state index contributed by atoms with van der Waals surface area (Å²) in [4.78, 5) is 16.7. The molecule has 2 rings (SSSR count). The predicted octanol–water partition coefficient (Wildman–Crippen LogP) is 3.58. The van der Waals surface area contributed by atoms with Crippen molar-refractivity contribution in [3.63, 3.8) is 0 Å². The molecule has 1 aromatic heterocycles. The Morgan fingerprint density at radius 1 is 1.47 bits per heavy atom. The fraction of sp³-hybridized carbons (Fsp3) is 0.333. The van der Waals surface area contributed by atoms with Gasteiger partial charge in [0.2, 0.25) is 0 Å². The van der Waals surface area contributed by atoms with Gasteiger partial charge in [-0.15, -0.1) is 0 Å². The lowest BCUT2D eigenvalue weighted by Gasteiger charge is -2.09. The molecule has 0 amide bonds. The van der Waals surface area contributed by atoms with E-state index in [-0.39, 0.29) is 32.3 Å². The van der Waals surface area contributed by atoms with Crippen LogP contribution in [-0.4, -0.2) is 19.5 Å². The van der Waals surface area contributed by atoms with Gasteiger partial charge in [0.1, 0.15) is 5.52 Å². The van der Waals surface area contributed by atoms with Crippen molar-refractivity contribution in [1.29, 1.82) is 0 Å². The minimum atomic E-state index is -0.282. The molecule has 1 unspecified atom stereocenters. The second-order valence-corrected chi connectivity index (χ2v) is 6.60. The van der Waals surface area contributed by atoms with Crippen LogP contribution < -0.4 is 5.56 Å². The number of aromatic hydroxyl groups is 1. The van der Waals surface area contributed by atoms with E-state index < -0.39 is 0 Å². The van der Waals surface area contributed by atoms with Gasteiger partial charge in [-0.1, -0.05) is 46.1 Å². The van der Waals surface area contributed by atoms with Gasteiger partial charge in [0.05, 0.1) is 21.8 Å². The van der Waals surface area contributed by atoms with Crippen molar-refractivity contribution < 1.29 is 5.11 Å². The van der Waals surface area contributed by atoms with Crippen LogP contribution >= 0.6 is 39.1 Å². The average Bonchev–Trinajstić information content (AvgIpc) is 2.34. The van der Waals surface area contributed by atoms with Gasteiger partial charge < -0.3 is 5.11 Å². The number of aromatic nitrogens is 2. The molecule has 0 spiro atoms. The van der Waals surface area contributed by atoms with Crippen LogP contribution in [0.3, 0.4) is 0 Å². The first kappa shape index (κ1) is 14.6. The van der Waals surface area contributed by atoms with Crippen LogP contribution in [0.1, 0.15) is 13.3 Å². The number of hydrogen-bond acceptors (Lipinski definition) is 3. The zero-order valence-electron chi connectivity index (χ0n) is 10.0. The monoisotopic (exact) mass is 364 g/mol. The van der Waals surface area contributed by atoms with Crippen LogP contribution in [0.15, 0.2) is 17.2 Å². The number of alkyl halides is 1. The average molecular weight is 366 g/mol. The molecule has 0 bridgehead atoms. The SMILES string of the molecule is CC(Br)CCn1cnc2c(O)c(Cl)cc(Cl)c2c1=O. The zero-order valence-corrected chi connectivity index (χ0v) is 13.1. The summed E-state index contributed by atoms with van der Waals surface area (Å²) in [5.74, 6) is -0.223. The maximum atomic E-state index is 12.3. The highest BCUT2D eigenvalue weighted by Crippen LogP contribution is 2.34. The molecule has 0 aliphatic rings. The Morgan fingerprint density at radius 3 is 2.79 bits per heavy atom. The molecule has 0 radical (unpaired) electrons. The molecule has 19 heavy (non-hydrogen) atoms. The summed E-state index contributed by atoms with van der Waals surface area (Å²) in [5.41, 5.74) is -0.152. The van der Waals surface area contributed by atoms with E-state index in [1.165, 1.54) is 17.0 Å². The van der Waals surface area contributed by atoms with E-state index in [1.807, 2.05) is 6.92 Å². The lowest BCUT2D eigenvalue weighted by atomic mass is 10.2. The van der Waals surface area contributed by atoms with E-state index >= 15 is 0 Å². The van der Waals surface area contributed by atoms with E-state index in [2.05, 4.69) is 20.9 Å². The number of halogens is 3. The Morgan fingerprint density at radius 2 is 2.16 bits per heavy atom. The van der Waals surface area contributed by atoms with Crippen molar-refractivity contribution in [1.82, 2.24) is 9.55 Å². The first-order valence-corrected chi connectivity index (χ1v) is 7.29. The highest BCUT2D eigenvalue weighted by Gasteiger charge is 2.15. The lowest BCUT2D eigenvalue weighted by Crippen LogP contribution is -2.22. The summed E-state index contributed by atoms with van der Waals surface area (Å²) >= 11 is 15.2. The highest BCUT2D eigenvalue weighted by molar-refractivity contribution is 9.09. The molecular weight excluding hydrogens is 355 g/mol. The number of aryl methyl sites for hydroxylation is 1. The molecule has 0 aliphatic carbocycles. The Kier molecular flexibility index (Phi) is 4.38. The first-order valence-electron chi connectivity index (χ1n) is 5.62. The van der Waals surface area contributed by atoms with Crippen molar-refractivity contribution in [3.8, 4) is 5.75 Å². The standard InChI is InChI=1S/C12H11BrCl2N2O2/c1-6(13)2-3-17-5-16-10-9(12(17)19)7(14)4-8(15)11(10)18/h4-6,18H,2-3H2,1H3. The molecule has 1 N–H and O–H groups in total. The van der Waals surface area contributed by atoms with Crippen molar-refractivity contribution in [2.24, 2.45) is 0 Å². The third-order valence-corrected chi connectivity index (χ3v) is 3.79. The number of fused-ring (bicyclic) bond motifs is 1. The maximum absolute atomic E-state index is 12.3. The van der Waals surface area contributed by atoms with Crippen LogP contribution in [-0.2, 0) is 6.54 Å². The first-order chi connectivity index (χ1) is 8.91. The molecule has 4 nitrogen and oxygen atoms in total. The molecule has 1 atom stereocenters. The molecule has 0 aliphatic heterocycles. The minimum absolute atomic E-state index is 0.0798. The molecule has 2 aromatic rings. The fourth-order valence-corrected chi connectivity index (χ4v) is 2.46. The second kappa shape index (κ2) is 5.69. The van der Waals surface area contributed by atoms with Crippen molar-refractivity contribution in [3.05, 3.63) is 32.8 Å². The Labute approximate surface area is 128 Å². The van der Waals surface area contributed by atoms with Gasteiger partial charge in [-0.05, 0) is 12.5 Å². The van der Waals surface area contributed by atoms with Crippen LogP contribution in [0.4, 0.5) is 0 Å². The number of phenolic OH excluding ortho intramolecular Hbond substituents is 1. The summed E-state index contributed by atoms with van der Waals surface area (Å²) < 4.78 is 1.47. The van der Waals surface area contributed by atoms with Crippen LogP contribution in [0.5, 0.6) is 5.75 Å². The molecule has 0 saturated carbocycles. The van der Waals surface area contributed by atoms with Gasteiger partial charge in [-0.3, -0.25) is 9.36 Å². The summed E-state index contributed by atoms with van der Waals surface area (Å²) in [6.07, 6.45) is 2.18. The van der Waals surface area contributed by atoms with E-state index in [0.717, 1.165) is 6.42 Å². The fourth-order valence-electron chi connectivity index (χ4n) is 1.73. The summed E-state index contributed by atoms with van der Waals surface area (Å²) in [7, 11) is 0. The van der Waals surface area contributed by atoms with Crippen LogP contribution in [0.2, 0.25) is 10.0 Å². The smallest absolute Gasteiger partial charge is 0.262 e. The minimum Gasteiger partial charge on any atom is -0.504 e. The lowest BCUT2D eigenvalue weighted by molar-refractivity contribution is 0.480. The van der Waals surface area contributed by atoms with Gasteiger partial charge >= 0.3 is 0 Å². The van der Waals surface area contributed by atoms with Crippen molar-refractivity contribution in [2.45, 2.75) is 24.7 Å². The van der Waals surface area contributed by atoms with E-state index in [4.69, 9.17) is 23.2 Å². The second-order valence-electron chi connectivity index (χ2n) is 4.22. The van der Waals surface area contributed by atoms with E-state index in [9.17, 15) is 9.90 Å². The quantitative estimate of drug-likeness (QED) is 0.845. The summed E-state index contributed by atoms with van der Waals surface area (Å²) in [5, 5.41) is 10.3. The largest absolute Gasteiger partial charge is 0.504 e. The third kappa shape index (κ3) is 2.88. The van der Waals surface area contributed by atoms with Crippen LogP contribution in [0, 0.1) is 0 Å². The van der Waals surface area contributed by atoms with Crippen molar-refractivity contribution >= 4 is 50.0 Å². The Hall–Kier alpha value is -0.780. The molecule has 7 heteroatoms. The topological polar surface area (TPSA) is 55.1 Å². The van der Waals surface area contributed by atoms with Gasteiger partial charge in [0.15, 0.2) is 5.75 Å². The Bertz CT molecular complexity index is 685. The molecule has 102 valence electrons. The van der Waals surface area contributed by atoms with Gasteiger partial charge in [-0.2, -0.15) is 0 Å². The van der Waals surface area contributed by atoms with Gasteiger partial charge in [-0.25, -0.2) is 4.98 Å². The number of hydrogen-bond donors (Lipinski definition) is 1. The molecule has 0 fully saturated rings. The highest BCUT2D eigenvalue weighted by atomic mass is 79.9. The Balaban J connectivity index is 2.62. The van der Waals surface area contributed by atoms with Gasteiger partial charge in [0, 0.05) is 11.4 Å². The van der Waals surface area contributed by atoms with E-state index in [0.29, 0.717) is 11.4 Å². The molecular formula is C12H11BrCl2N2O2. The summed E-state index contributed by atoms with van der Waals surface area (Å²) in [6.45, 7) is 2.52. The van der Waals surface area contributed by atoms with Crippen LogP contribution in [0.25, 0.3) is 10.9 Å². The zero-order chi connectivity index (χ0) is 14.2. The number of rotatable bonds is 3. The third-order valence-electron chi connectivity index (χ3n) is 2.75. The van der Waals surface area contributed by atoms with Gasteiger partial charge in [0.25, 0.3) is 5.56 Å². The number of phenols is 1. The van der Waals surface area contributed by atoms with E-state index in [1.54, 1.807) is 0 Å². The summed E-state index contributed by atoms with van der Waals surface area (Å²) in [6, 6.07) is 1.35. The maximum Gasteiger partial charge on any atom is 0.262 e.